The van der Waals surface area contributed by atoms with Crippen molar-refractivity contribution in [2.24, 2.45) is 4.99 Å². The smallest absolute Gasteiger partial charge is 0.226 e. The molecule has 0 bridgehead atoms. The molecule has 0 saturated carbocycles. The van der Waals surface area contributed by atoms with Crippen molar-refractivity contribution in [2.45, 2.75) is 72.3 Å². The van der Waals surface area contributed by atoms with Crippen LogP contribution in [0.5, 0.6) is 0 Å². The number of guanidine groups is 1. The molecule has 0 unspecified atom stereocenters. The van der Waals surface area contributed by atoms with E-state index in [-0.39, 0.29) is 11.3 Å². The molecule has 0 amide bonds. The molecule has 2 aromatic heterocycles. The fourth-order valence-corrected chi connectivity index (χ4v) is 2.27. The standard InChI is InChI=1S/C19H32N6O2/c1-7-20-18(23-12-16-22-11-14(26-16)19(4,5)6)21-10-8-9-15-24-17(13(2)3)25-27-15/h11,13H,7-10,12H2,1-6H3,(H2,20,21,23). The molecule has 27 heavy (non-hydrogen) atoms. The Labute approximate surface area is 161 Å². The van der Waals surface area contributed by atoms with Crippen molar-refractivity contribution in [1.82, 2.24) is 25.8 Å². The molecule has 0 aliphatic rings. The van der Waals surface area contributed by atoms with Crippen LogP contribution in [0.1, 0.15) is 77.2 Å². The predicted octanol–water partition coefficient (Wildman–Crippen LogP) is 3.17. The maximum absolute atomic E-state index is 5.78. The monoisotopic (exact) mass is 376 g/mol. The van der Waals surface area contributed by atoms with Crippen molar-refractivity contribution in [2.75, 3.05) is 13.1 Å². The quantitative estimate of drug-likeness (QED) is 0.414. The Hall–Kier alpha value is -2.38. The van der Waals surface area contributed by atoms with Gasteiger partial charge in [-0.1, -0.05) is 39.8 Å². The lowest BCUT2D eigenvalue weighted by Crippen LogP contribution is -2.37. The maximum atomic E-state index is 5.78. The minimum atomic E-state index is -0.0537. The number of nitrogens with zero attached hydrogens (tertiary/aromatic N) is 4. The van der Waals surface area contributed by atoms with Crippen LogP contribution in [0.3, 0.4) is 0 Å². The van der Waals surface area contributed by atoms with Gasteiger partial charge in [0.15, 0.2) is 11.8 Å². The zero-order chi connectivity index (χ0) is 19.9. The van der Waals surface area contributed by atoms with E-state index < -0.39 is 0 Å². The highest BCUT2D eigenvalue weighted by Gasteiger charge is 2.19. The molecule has 0 aliphatic heterocycles. The van der Waals surface area contributed by atoms with E-state index in [1.165, 1.54) is 0 Å². The Kier molecular flexibility index (Phi) is 7.38. The molecule has 8 heteroatoms. The van der Waals surface area contributed by atoms with Crippen LogP contribution in [-0.2, 0) is 18.4 Å². The van der Waals surface area contributed by atoms with Gasteiger partial charge >= 0.3 is 0 Å². The van der Waals surface area contributed by atoms with Gasteiger partial charge in [-0.25, -0.2) is 9.98 Å². The van der Waals surface area contributed by atoms with Gasteiger partial charge in [-0.05, 0) is 13.3 Å². The van der Waals surface area contributed by atoms with E-state index >= 15 is 0 Å². The number of rotatable bonds is 8. The number of aliphatic imine (C=N–C) groups is 1. The Morgan fingerprint density at radius 1 is 1.22 bits per heavy atom. The largest absolute Gasteiger partial charge is 0.443 e. The van der Waals surface area contributed by atoms with Gasteiger partial charge in [-0.2, -0.15) is 4.98 Å². The number of oxazole rings is 1. The van der Waals surface area contributed by atoms with E-state index in [1.54, 1.807) is 6.20 Å². The molecule has 2 aromatic rings. The normalized spacial score (nSPS) is 12.6. The number of aryl methyl sites for hydroxylation is 1. The summed E-state index contributed by atoms with van der Waals surface area (Å²) in [5, 5.41) is 10.5. The second-order valence-electron chi connectivity index (χ2n) is 7.79. The van der Waals surface area contributed by atoms with Gasteiger partial charge in [0.1, 0.15) is 12.3 Å². The Morgan fingerprint density at radius 2 is 2.00 bits per heavy atom. The maximum Gasteiger partial charge on any atom is 0.226 e. The average Bonchev–Trinajstić information content (AvgIpc) is 3.25. The first-order valence-electron chi connectivity index (χ1n) is 9.59. The zero-order valence-electron chi connectivity index (χ0n) is 17.3. The van der Waals surface area contributed by atoms with Crippen molar-refractivity contribution in [3.05, 3.63) is 29.6 Å². The first-order valence-corrected chi connectivity index (χ1v) is 9.59. The van der Waals surface area contributed by atoms with E-state index in [0.29, 0.717) is 18.3 Å². The third-order valence-corrected chi connectivity index (χ3v) is 3.87. The lowest BCUT2D eigenvalue weighted by atomic mass is 9.94. The van der Waals surface area contributed by atoms with Gasteiger partial charge in [0, 0.05) is 30.8 Å². The van der Waals surface area contributed by atoms with Crippen molar-refractivity contribution in [3.8, 4) is 0 Å². The van der Waals surface area contributed by atoms with Crippen LogP contribution in [-0.4, -0.2) is 34.2 Å². The number of hydrogen-bond donors (Lipinski definition) is 2. The molecule has 0 aromatic carbocycles. The lowest BCUT2D eigenvalue weighted by molar-refractivity contribution is 0.368. The minimum absolute atomic E-state index is 0.0537. The third-order valence-electron chi connectivity index (χ3n) is 3.87. The van der Waals surface area contributed by atoms with Crippen LogP contribution in [0, 0.1) is 0 Å². The molecule has 0 radical (unpaired) electrons. The molecule has 2 rings (SSSR count). The average molecular weight is 377 g/mol. The highest BCUT2D eigenvalue weighted by Crippen LogP contribution is 2.22. The van der Waals surface area contributed by atoms with Crippen LogP contribution in [0.4, 0.5) is 0 Å². The molecule has 2 N–H and O–H groups in total. The number of aromatic nitrogens is 3. The summed E-state index contributed by atoms with van der Waals surface area (Å²) in [5.41, 5.74) is -0.0537. The molecule has 0 atom stereocenters. The highest BCUT2D eigenvalue weighted by atomic mass is 16.5. The summed E-state index contributed by atoms with van der Waals surface area (Å²) in [6.07, 6.45) is 3.39. The van der Waals surface area contributed by atoms with Gasteiger partial charge in [0.25, 0.3) is 0 Å². The summed E-state index contributed by atoms with van der Waals surface area (Å²) in [4.78, 5) is 13.2. The fourth-order valence-electron chi connectivity index (χ4n) is 2.27. The molecule has 0 saturated heterocycles. The third kappa shape index (κ3) is 6.69. The van der Waals surface area contributed by atoms with E-state index in [0.717, 1.165) is 43.5 Å². The second kappa shape index (κ2) is 9.53. The van der Waals surface area contributed by atoms with E-state index in [1.807, 2.05) is 20.8 Å². The summed E-state index contributed by atoms with van der Waals surface area (Å²) in [6, 6.07) is 0. The van der Waals surface area contributed by atoms with Gasteiger partial charge in [0.05, 0.1) is 6.20 Å². The number of nitrogens with one attached hydrogen (secondary N) is 2. The van der Waals surface area contributed by atoms with Crippen LogP contribution in [0.2, 0.25) is 0 Å². The first-order chi connectivity index (χ1) is 12.8. The van der Waals surface area contributed by atoms with Crippen molar-refractivity contribution >= 4 is 5.96 Å². The summed E-state index contributed by atoms with van der Waals surface area (Å²) in [6.45, 7) is 14.4. The molecule has 8 nitrogen and oxygen atoms in total. The Balaban J connectivity index is 1.81. The molecule has 0 spiro atoms. The Bertz CT molecular complexity index is 727. The highest BCUT2D eigenvalue weighted by molar-refractivity contribution is 5.79. The van der Waals surface area contributed by atoms with Crippen LogP contribution in [0.15, 0.2) is 20.1 Å². The molecule has 0 aliphatic carbocycles. The second-order valence-corrected chi connectivity index (χ2v) is 7.79. The minimum Gasteiger partial charge on any atom is -0.443 e. The van der Waals surface area contributed by atoms with Gasteiger partial charge < -0.3 is 19.6 Å². The number of hydrogen-bond acceptors (Lipinski definition) is 6. The lowest BCUT2D eigenvalue weighted by Gasteiger charge is -2.13. The molecule has 2 heterocycles. The summed E-state index contributed by atoms with van der Waals surface area (Å²) in [5.74, 6) is 3.93. The van der Waals surface area contributed by atoms with Crippen LogP contribution in [0.25, 0.3) is 0 Å². The van der Waals surface area contributed by atoms with Crippen molar-refractivity contribution in [1.29, 1.82) is 0 Å². The SMILES string of the molecule is CCNC(=NCc1ncc(C(C)(C)C)o1)NCCCc1nc(C(C)C)no1. The molecule has 0 fully saturated rings. The summed E-state index contributed by atoms with van der Waals surface area (Å²) in [7, 11) is 0. The zero-order valence-corrected chi connectivity index (χ0v) is 17.3. The van der Waals surface area contributed by atoms with Crippen molar-refractivity contribution < 1.29 is 8.94 Å². The summed E-state index contributed by atoms with van der Waals surface area (Å²) >= 11 is 0. The van der Waals surface area contributed by atoms with Gasteiger partial charge in [0.2, 0.25) is 11.8 Å². The van der Waals surface area contributed by atoms with Crippen LogP contribution >= 0.6 is 0 Å². The molecule has 150 valence electrons. The Morgan fingerprint density at radius 3 is 2.59 bits per heavy atom. The predicted molar refractivity (Wildman–Crippen MR) is 105 cm³/mol. The van der Waals surface area contributed by atoms with Gasteiger partial charge in [-0.3, -0.25) is 0 Å². The van der Waals surface area contributed by atoms with E-state index in [4.69, 9.17) is 8.94 Å². The van der Waals surface area contributed by atoms with Gasteiger partial charge in [-0.15, -0.1) is 0 Å². The fraction of sp³-hybridized carbons (Fsp3) is 0.684. The molecular formula is C19H32N6O2. The summed E-state index contributed by atoms with van der Waals surface area (Å²) < 4.78 is 11.0. The van der Waals surface area contributed by atoms with E-state index in [2.05, 4.69) is 51.5 Å². The molecular weight excluding hydrogens is 344 g/mol. The van der Waals surface area contributed by atoms with E-state index in [9.17, 15) is 0 Å². The first kappa shape index (κ1) is 20.9. The van der Waals surface area contributed by atoms with Crippen LogP contribution < -0.4 is 10.6 Å². The van der Waals surface area contributed by atoms with Crippen molar-refractivity contribution in [3.63, 3.8) is 0 Å². The topological polar surface area (TPSA) is 101 Å².